The minimum atomic E-state index is -0.266. The number of ether oxygens (including phenoxy) is 1. The molecule has 0 radical (unpaired) electrons. The Morgan fingerprint density at radius 3 is 2.68 bits per heavy atom. The van der Waals surface area contributed by atoms with Crippen LogP contribution in [0.5, 0.6) is 0 Å². The van der Waals surface area contributed by atoms with Crippen molar-refractivity contribution in [2.24, 2.45) is 0 Å². The molecule has 1 heterocycles. The van der Waals surface area contributed by atoms with E-state index in [0.29, 0.717) is 24.4 Å². The van der Waals surface area contributed by atoms with Gasteiger partial charge in [0.1, 0.15) is 0 Å². The second-order valence-corrected chi connectivity index (χ2v) is 5.27. The highest BCUT2D eigenvalue weighted by Gasteiger charge is 2.22. The van der Waals surface area contributed by atoms with Crippen molar-refractivity contribution in [2.75, 3.05) is 25.0 Å². The number of hydrogen-bond donors (Lipinski definition) is 1. The molecular weight excluding hydrogens is 282 g/mol. The fourth-order valence-electron chi connectivity index (χ4n) is 2.34. The molecule has 1 aliphatic heterocycles. The molecule has 1 N–H and O–H groups in total. The van der Waals surface area contributed by atoms with Gasteiger partial charge < -0.3 is 15.0 Å². The molecule has 1 unspecified atom stereocenters. The zero-order valence-electron chi connectivity index (χ0n) is 12.5. The van der Waals surface area contributed by atoms with Crippen LogP contribution in [0, 0.1) is 11.3 Å². The molecule has 1 aromatic carbocycles. The summed E-state index contributed by atoms with van der Waals surface area (Å²) in [6, 6.07) is 8.60. The Kier molecular flexibility index (Phi) is 5.50. The highest BCUT2D eigenvalue weighted by molar-refractivity contribution is 5.94. The first-order chi connectivity index (χ1) is 10.6. The smallest absolute Gasteiger partial charge is 0.243 e. The van der Waals surface area contributed by atoms with Crippen LogP contribution in [0.25, 0.3) is 0 Å². The highest BCUT2D eigenvalue weighted by atomic mass is 16.5. The van der Waals surface area contributed by atoms with Crippen molar-refractivity contribution in [1.29, 1.82) is 5.26 Å². The first kappa shape index (κ1) is 16.0. The van der Waals surface area contributed by atoms with Gasteiger partial charge in [-0.05, 0) is 37.1 Å². The van der Waals surface area contributed by atoms with Crippen molar-refractivity contribution in [3.63, 3.8) is 0 Å². The molecule has 1 saturated heterocycles. The number of carbonyl (C=O) groups excluding carboxylic acids is 2. The van der Waals surface area contributed by atoms with Gasteiger partial charge in [0, 0.05) is 25.8 Å². The molecule has 1 aromatic rings. The Labute approximate surface area is 129 Å². The van der Waals surface area contributed by atoms with E-state index in [0.717, 1.165) is 12.8 Å². The van der Waals surface area contributed by atoms with Gasteiger partial charge in [-0.1, -0.05) is 0 Å². The van der Waals surface area contributed by atoms with Crippen LogP contribution < -0.4 is 5.32 Å². The van der Waals surface area contributed by atoms with E-state index < -0.39 is 0 Å². The maximum atomic E-state index is 12.0. The lowest BCUT2D eigenvalue weighted by atomic mass is 10.2. The number of carbonyl (C=O) groups is 2. The van der Waals surface area contributed by atoms with E-state index in [2.05, 4.69) is 5.32 Å². The minimum Gasteiger partial charge on any atom is -0.376 e. The molecule has 2 amide bonds. The average molecular weight is 301 g/mol. The summed E-state index contributed by atoms with van der Waals surface area (Å²) in [5.74, 6) is -0.414. The van der Waals surface area contributed by atoms with Gasteiger partial charge in [0.15, 0.2) is 0 Å². The maximum Gasteiger partial charge on any atom is 0.243 e. The normalized spacial score (nSPS) is 16.8. The second-order valence-electron chi connectivity index (χ2n) is 5.27. The van der Waals surface area contributed by atoms with Crippen LogP contribution in [-0.2, 0) is 14.3 Å². The molecule has 0 aromatic heterocycles. The molecule has 1 fully saturated rings. The standard InChI is InChI=1S/C16H19N3O3/c1-12(20)19(10-15-3-2-8-22-15)11-16(21)18-14-6-4-13(9-17)5-7-14/h4-7,15H,2-3,8,10-11H2,1H3,(H,18,21). The zero-order valence-corrected chi connectivity index (χ0v) is 12.5. The van der Waals surface area contributed by atoms with Gasteiger partial charge in [-0.2, -0.15) is 5.26 Å². The Balaban J connectivity index is 1.89. The topological polar surface area (TPSA) is 82.4 Å². The van der Waals surface area contributed by atoms with Crippen LogP contribution in [0.2, 0.25) is 0 Å². The molecule has 116 valence electrons. The maximum absolute atomic E-state index is 12.0. The van der Waals surface area contributed by atoms with Gasteiger partial charge in [0.25, 0.3) is 0 Å². The summed E-state index contributed by atoms with van der Waals surface area (Å²) in [5, 5.41) is 11.5. The number of benzene rings is 1. The van der Waals surface area contributed by atoms with Crippen molar-refractivity contribution in [1.82, 2.24) is 4.90 Å². The fourth-order valence-corrected chi connectivity index (χ4v) is 2.34. The SMILES string of the molecule is CC(=O)N(CC(=O)Nc1ccc(C#N)cc1)CC1CCCO1. The number of rotatable bonds is 5. The Bertz CT molecular complexity index is 571. The number of nitriles is 1. The van der Waals surface area contributed by atoms with Crippen molar-refractivity contribution in [3.8, 4) is 6.07 Å². The van der Waals surface area contributed by atoms with E-state index in [1.807, 2.05) is 6.07 Å². The van der Waals surface area contributed by atoms with E-state index in [9.17, 15) is 9.59 Å². The van der Waals surface area contributed by atoms with Gasteiger partial charge >= 0.3 is 0 Å². The van der Waals surface area contributed by atoms with Crippen LogP contribution in [0.4, 0.5) is 5.69 Å². The van der Waals surface area contributed by atoms with Crippen LogP contribution in [0.3, 0.4) is 0 Å². The van der Waals surface area contributed by atoms with Crippen molar-refractivity contribution < 1.29 is 14.3 Å². The number of amides is 2. The first-order valence-electron chi connectivity index (χ1n) is 7.25. The van der Waals surface area contributed by atoms with E-state index in [4.69, 9.17) is 10.00 Å². The van der Waals surface area contributed by atoms with Crippen LogP contribution in [-0.4, -0.2) is 42.5 Å². The summed E-state index contributed by atoms with van der Waals surface area (Å²) < 4.78 is 5.50. The molecule has 2 rings (SSSR count). The predicted octanol–water partition coefficient (Wildman–Crippen LogP) is 1.52. The van der Waals surface area contributed by atoms with Gasteiger partial charge in [-0.3, -0.25) is 9.59 Å². The molecule has 6 heteroatoms. The summed E-state index contributed by atoms with van der Waals surface area (Å²) in [4.78, 5) is 25.2. The van der Waals surface area contributed by atoms with E-state index >= 15 is 0 Å². The van der Waals surface area contributed by atoms with Crippen LogP contribution in [0.15, 0.2) is 24.3 Å². The van der Waals surface area contributed by atoms with Crippen molar-refractivity contribution in [3.05, 3.63) is 29.8 Å². The molecule has 22 heavy (non-hydrogen) atoms. The minimum absolute atomic E-state index is 0.00477. The lowest BCUT2D eigenvalue weighted by Crippen LogP contribution is -2.41. The lowest BCUT2D eigenvalue weighted by molar-refractivity contribution is -0.134. The first-order valence-corrected chi connectivity index (χ1v) is 7.25. The summed E-state index contributed by atoms with van der Waals surface area (Å²) >= 11 is 0. The molecule has 0 spiro atoms. The number of nitrogens with zero attached hydrogens (tertiary/aromatic N) is 2. The second kappa shape index (κ2) is 7.57. The molecule has 1 aliphatic rings. The summed E-state index contributed by atoms with van der Waals surface area (Å²) in [5.41, 5.74) is 1.13. The Hall–Kier alpha value is -2.39. The number of nitrogens with one attached hydrogen (secondary N) is 1. The van der Waals surface area contributed by atoms with Gasteiger partial charge in [0.05, 0.1) is 24.3 Å². The monoisotopic (exact) mass is 301 g/mol. The van der Waals surface area contributed by atoms with Crippen LogP contribution >= 0.6 is 0 Å². The van der Waals surface area contributed by atoms with Gasteiger partial charge in [-0.25, -0.2) is 0 Å². The third kappa shape index (κ3) is 4.57. The molecule has 0 bridgehead atoms. The number of hydrogen-bond acceptors (Lipinski definition) is 4. The third-order valence-electron chi connectivity index (χ3n) is 3.53. The summed E-state index contributed by atoms with van der Waals surface area (Å²) in [7, 11) is 0. The fraction of sp³-hybridized carbons (Fsp3) is 0.438. The molecular formula is C16H19N3O3. The predicted molar refractivity (Wildman–Crippen MR) is 81.0 cm³/mol. The zero-order chi connectivity index (χ0) is 15.9. The average Bonchev–Trinajstić information content (AvgIpc) is 3.00. The van der Waals surface area contributed by atoms with E-state index in [1.165, 1.54) is 11.8 Å². The lowest BCUT2D eigenvalue weighted by Gasteiger charge is -2.23. The van der Waals surface area contributed by atoms with E-state index in [-0.39, 0.29) is 24.5 Å². The quantitative estimate of drug-likeness (QED) is 0.894. The summed E-state index contributed by atoms with van der Waals surface area (Å²) in [6.07, 6.45) is 1.93. The molecule has 0 aliphatic carbocycles. The van der Waals surface area contributed by atoms with Crippen molar-refractivity contribution in [2.45, 2.75) is 25.9 Å². The Morgan fingerprint density at radius 1 is 1.41 bits per heavy atom. The van der Waals surface area contributed by atoms with Gasteiger partial charge in [-0.15, -0.1) is 0 Å². The Morgan fingerprint density at radius 2 is 2.14 bits per heavy atom. The highest BCUT2D eigenvalue weighted by Crippen LogP contribution is 2.14. The molecule has 0 saturated carbocycles. The molecule has 1 atom stereocenters. The largest absolute Gasteiger partial charge is 0.376 e. The molecule has 6 nitrogen and oxygen atoms in total. The van der Waals surface area contributed by atoms with Crippen LogP contribution in [0.1, 0.15) is 25.3 Å². The van der Waals surface area contributed by atoms with E-state index in [1.54, 1.807) is 24.3 Å². The summed E-state index contributed by atoms with van der Waals surface area (Å²) in [6.45, 7) is 2.60. The third-order valence-corrected chi connectivity index (χ3v) is 3.53. The van der Waals surface area contributed by atoms with Crippen molar-refractivity contribution >= 4 is 17.5 Å². The number of anilines is 1. The van der Waals surface area contributed by atoms with Gasteiger partial charge in [0.2, 0.25) is 11.8 Å².